The van der Waals surface area contributed by atoms with E-state index in [0.717, 1.165) is 34.4 Å². The Kier molecular flexibility index (Phi) is 4.00. The van der Waals surface area contributed by atoms with E-state index in [1.807, 2.05) is 17.0 Å². The van der Waals surface area contributed by atoms with Crippen LogP contribution in [0, 0.1) is 6.92 Å². The van der Waals surface area contributed by atoms with Crippen molar-refractivity contribution in [1.29, 1.82) is 0 Å². The number of amides is 2. The molecule has 2 amide bonds. The minimum absolute atomic E-state index is 0.0800. The van der Waals surface area contributed by atoms with Gasteiger partial charge in [-0.25, -0.2) is 4.98 Å². The Bertz CT molecular complexity index is 1050. The van der Waals surface area contributed by atoms with Gasteiger partial charge in [0.05, 0.1) is 10.2 Å². The molecule has 0 aliphatic carbocycles. The molecule has 0 fully saturated rings. The van der Waals surface area contributed by atoms with Crippen molar-refractivity contribution < 1.29 is 9.59 Å². The van der Waals surface area contributed by atoms with Gasteiger partial charge in [-0.05, 0) is 53.8 Å². The quantitative estimate of drug-likeness (QED) is 0.742. The van der Waals surface area contributed by atoms with Crippen molar-refractivity contribution in [3.63, 3.8) is 0 Å². The van der Waals surface area contributed by atoms with Gasteiger partial charge in [-0.3, -0.25) is 9.59 Å². The first-order valence-corrected chi connectivity index (χ1v) is 9.35. The first-order chi connectivity index (χ1) is 12.4. The third-order valence-corrected chi connectivity index (χ3v) is 5.65. The van der Waals surface area contributed by atoms with Gasteiger partial charge < -0.3 is 10.2 Å². The monoisotopic (exact) mass is 365 g/mol. The summed E-state index contributed by atoms with van der Waals surface area (Å²) < 4.78 is 1.03. The topological polar surface area (TPSA) is 62.3 Å². The van der Waals surface area contributed by atoms with Crippen molar-refractivity contribution in [3.05, 3.63) is 41.5 Å². The van der Waals surface area contributed by atoms with E-state index in [4.69, 9.17) is 0 Å². The summed E-state index contributed by atoms with van der Waals surface area (Å²) in [6.07, 6.45) is 0.865. The number of hydrogen-bond donors (Lipinski definition) is 1. The fourth-order valence-electron chi connectivity index (χ4n) is 3.62. The summed E-state index contributed by atoms with van der Waals surface area (Å²) in [6.45, 7) is 5.93. The molecule has 0 radical (unpaired) electrons. The predicted molar refractivity (Wildman–Crippen MR) is 106 cm³/mol. The predicted octanol–water partition coefficient (Wildman–Crippen LogP) is 4.14. The summed E-state index contributed by atoms with van der Waals surface area (Å²) >= 11 is 1.47. The van der Waals surface area contributed by atoms with Gasteiger partial charge in [0.1, 0.15) is 0 Å². The van der Waals surface area contributed by atoms with Crippen LogP contribution >= 0.6 is 11.3 Å². The van der Waals surface area contributed by atoms with E-state index in [1.165, 1.54) is 35.0 Å². The first-order valence-electron chi connectivity index (χ1n) is 8.53. The Morgan fingerprint density at radius 3 is 2.73 bits per heavy atom. The molecular weight excluding hydrogens is 346 g/mol. The van der Waals surface area contributed by atoms with Gasteiger partial charge >= 0.3 is 0 Å². The van der Waals surface area contributed by atoms with Crippen LogP contribution in [0.3, 0.4) is 0 Å². The fraction of sp³-hybridized carbons (Fsp3) is 0.250. The molecule has 0 atom stereocenters. The molecule has 26 heavy (non-hydrogen) atoms. The largest absolute Gasteiger partial charge is 0.312 e. The van der Waals surface area contributed by atoms with Crippen molar-refractivity contribution in [1.82, 2.24) is 4.98 Å². The Morgan fingerprint density at radius 2 is 2.00 bits per heavy atom. The number of benzene rings is 2. The highest BCUT2D eigenvalue weighted by Crippen LogP contribution is 2.40. The summed E-state index contributed by atoms with van der Waals surface area (Å²) in [7, 11) is 0. The highest BCUT2D eigenvalue weighted by atomic mass is 32.1. The molecule has 0 unspecified atom stereocenters. The van der Waals surface area contributed by atoms with Crippen LogP contribution in [-0.2, 0) is 16.0 Å². The molecule has 0 saturated carbocycles. The van der Waals surface area contributed by atoms with Crippen molar-refractivity contribution >= 4 is 44.2 Å². The molecule has 3 aromatic rings. The van der Waals surface area contributed by atoms with Gasteiger partial charge in [0.15, 0.2) is 5.13 Å². The Hall–Kier alpha value is -2.73. The highest BCUT2D eigenvalue weighted by molar-refractivity contribution is 7.22. The maximum Gasteiger partial charge on any atom is 0.223 e. The zero-order chi connectivity index (χ0) is 18.4. The van der Waals surface area contributed by atoms with E-state index in [1.54, 1.807) is 6.92 Å². The van der Waals surface area contributed by atoms with Crippen LogP contribution in [0.15, 0.2) is 30.3 Å². The molecule has 1 aromatic heterocycles. The molecule has 1 aliphatic rings. The van der Waals surface area contributed by atoms with Gasteiger partial charge in [-0.1, -0.05) is 23.5 Å². The number of rotatable bonds is 2. The molecule has 4 rings (SSSR count). The molecule has 0 bridgehead atoms. The maximum absolute atomic E-state index is 11.9. The van der Waals surface area contributed by atoms with Gasteiger partial charge in [0.2, 0.25) is 11.8 Å². The van der Waals surface area contributed by atoms with Crippen molar-refractivity contribution in [3.8, 4) is 11.1 Å². The van der Waals surface area contributed by atoms with Crippen molar-refractivity contribution in [2.24, 2.45) is 0 Å². The number of fused-ring (bicyclic) bond motifs is 2. The maximum atomic E-state index is 11.9. The molecule has 0 saturated heterocycles. The van der Waals surface area contributed by atoms with E-state index < -0.39 is 0 Å². The second-order valence-electron chi connectivity index (χ2n) is 6.56. The molecule has 2 aromatic carbocycles. The third-order valence-electron chi connectivity index (χ3n) is 4.71. The fourth-order valence-corrected chi connectivity index (χ4v) is 4.57. The normalized spacial score (nSPS) is 13.1. The van der Waals surface area contributed by atoms with Crippen LogP contribution in [-0.4, -0.2) is 23.3 Å². The van der Waals surface area contributed by atoms with Crippen molar-refractivity contribution in [2.75, 3.05) is 16.8 Å². The van der Waals surface area contributed by atoms with Gasteiger partial charge in [-0.2, -0.15) is 0 Å². The van der Waals surface area contributed by atoms with Crippen LogP contribution in [0.5, 0.6) is 0 Å². The minimum Gasteiger partial charge on any atom is -0.312 e. The number of nitrogens with one attached hydrogen (secondary N) is 1. The Morgan fingerprint density at radius 1 is 1.19 bits per heavy atom. The first kappa shape index (κ1) is 16.7. The summed E-state index contributed by atoms with van der Waals surface area (Å²) in [5.74, 6) is -0.0401. The smallest absolute Gasteiger partial charge is 0.223 e. The molecule has 1 N–H and O–H groups in total. The Labute approximate surface area is 155 Å². The third kappa shape index (κ3) is 2.76. The number of hydrogen-bond acceptors (Lipinski definition) is 4. The van der Waals surface area contributed by atoms with Crippen LogP contribution in [0.1, 0.15) is 25.0 Å². The zero-order valence-corrected chi connectivity index (χ0v) is 15.7. The number of anilines is 2. The second kappa shape index (κ2) is 6.21. The minimum atomic E-state index is -0.120. The molecule has 6 heteroatoms. The van der Waals surface area contributed by atoms with Crippen molar-refractivity contribution in [2.45, 2.75) is 27.2 Å². The standard InChI is InChI=1S/C20H19N3O2S/c1-11-4-7-17-15(8-9-23(17)13(3)25)19(11)14-5-6-16-18(10-14)26-20(22-16)21-12(2)24/h4-7,10H,8-9H2,1-3H3,(H,21,22,24). The molecule has 1 aliphatic heterocycles. The van der Waals surface area contributed by atoms with E-state index >= 15 is 0 Å². The SMILES string of the molecule is CC(=O)Nc1nc2ccc(-c3c(C)ccc4c3CCN4C(C)=O)cc2s1. The number of aryl methyl sites for hydroxylation is 1. The lowest BCUT2D eigenvalue weighted by molar-refractivity contribution is -0.116. The lowest BCUT2D eigenvalue weighted by atomic mass is 9.93. The lowest BCUT2D eigenvalue weighted by Gasteiger charge is -2.17. The van der Waals surface area contributed by atoms with Gasteiger partial charge in [-0.15, -0.1) is 0 Å². The molecular formula is C20H19N3O2S. The lowest BCUT2D eigenvalue weighted by Crippen LogP contribution is -2.25. The number of aromatic nitrogens is 1. The van der Waals surface area contributed by atoms with E-state index in [9.17, 15) is 9.59 Å². The summed E-state index contributed by atoms with van der Waals surface area (Å²) in [5.41, 5.74) is 6.63. The molecule has 5 nitrogen and oxygen atoms in total. The highest BCUT2D eigenvalue weighted by Gasteiger charge is 2.26. The van der Waals surface area contributed by atoms with E-state index in [-0.39, 0.29) is 11.8 Å². The van der Waals surface area contributed by atoms with E-state index in [0.29, 0.717) is 5.13 Å². The average Bonchev–Trinajstić information content (AvgIpc) is 3.16. The molecule has 2 heterocycles. The van der Waals surface area contributed by atoms with Crippen LogP contribution in [0.25, 0.3) is 21.3 Å². The zero-order valence-electron chi connectivity index (χ0n) is 14.9. The average molecular weight is 365 g/mol. The summed E-state index contributed by atoms with van der Waals surface area (Å²) in [5, 5.41) is 3.36. The second-order valence-corrected chi connectivity index (χ2v) is 7.59. The van der Waals surface area contributed by atoms with Crippen LogP contribution in [0.2, 0.25) is 0 Å². The number of thiazole rings is 1. The Balaban J connectivity index is 1.83. The van der Waals surface area contributed by atoms with Gasteiger partial charge in [0, 0.05) is 26.1 Å². The number of carbonyl (C=O) groups is 2. The van der Waals surface area contributed by atoms with Gasteiger partial charge in [0.25, 0.3) is 0 Å². The van der Waals surface area contributed by atoms with Crippen LogP contribution < -0.4 is 10.2 Å². The number of nitrogens with zero attached hydrogens (tertiary/aromatic N) is 2. The summed E-state index contributed by atoms with van der Waals surface area (Å²) in [4.78, 5) is 29.4. The molecule has 0 spiro atoms. The van der Waals surface area contributed by atoms with Crippen LogP contribution in [0.4, 0.5) is 10.8 Å². The van der Waals surface area contributed by atoms with E-state index in [2.05, 4.69) is 35.4 Å². The summed E-state index contributed by atoms with van der Waals surface area (Å²) in [6, 6.07) is 10.3. The number of carbonyl (C=O) groups excluding carboxylic acids is 2. The molecule has 132 valence electrons.